The highest BCUT2D eigenvalue weighted by Gasteiger charge is 2.13. The Morgan fingerprint density at radius 3 is 2.35 bits per heavy atom. The Morgan fingerprint density at radius 2 is 1.69 bits per heavy atom. The molecule has 9 heteroatoms. The van der Waals surface area contributed by atoms with Crippen LogP contribution in [0.15, 0.2) is 28.3 Å². The molecule has 3 rings (SSSR count). The zero-order chi connectivity index (χ0) is 18.5. The molecule has 0 aliphatic heterocycles. The molecular formula is C17H18N4O2S3. The molecule has 0 bridgehead atoms. The van der Waals surface area contributed by atoms with E-state index in [1.807, 2.05) is 22.9 Å². The zero-order valence-electron chi connectivity index (χ0n) is 14.3. The fraction of sp³-hybridized carbons (Fsp3) is 0.294. The zero-order valence-corrected chi connectivity index (χ0v) is 16.8. The molecule has 2 amide bonds. The van der Waals surface area contributed by atoms with Gasteiger partial charge < -0.3 is 10.6 Å². The predicted octanol–water partition coefficient (Wildman–Crippen LogP) is 4.15. The lowest BCUT2D eigenvalue weighted by atomic mass is 10.2. The minimum Gasteiger partial charge on any atom is -0.302 e. The number of hydrogen-bond donors (Lipinski definition) is 2. The lowest BCUT2D eigenvalue weighted by Gasteiger charge is -2.01. The van der Waals surface area contributed by atoms with Gasteiger partial charge in [0, 0.05) is 15.6 Å². The number of nitrogens with one attached hydrogen (secondary N) is 2. The van der Waals surface area contributed by atoms with E-state index in [0.29, 0.717) is 28.3 Å². The van der Waals surface area contributed by atoms with Gasteiger partial charge in [-0.3, -0.25) is 9.59 Å². The summed E-state index contributed by atoms with van der Waals surface area (Å²) in [5.41, 5.74) is 1.59. The average Bonchev–Trinajstić information content (AvgIpc) is 3.30. The third-order valence-electron chi connectivity index (χ3n) is 3.41. The highest BCUT2D eigenvalue weighted by atomic mass is 32.1. The van der Waals surface area contributed by atoms with Gasteiger partial charge in [-0.15, -0.1) is 34.0 Å². The van der Waals surface area contributed by atoms with E-state index in [1.54, 1.807) is 16.7 Å². The standard InChI is InChI=1S/C17H18N4O2S3/c1-10(2)13-9-26-17(19-13)20-14(22)6-11-8-25-16(18-11)21-15(23)7-12-4-3-5-24-12/h3-5,8-10H,6-7H2,1-2H3,(H,18,21,23)(H,19,20,22). The number of carbonyl (C=O) groups excluding carboxylic acids is 2. The molecule has 0 aliphatic carbocycles. The minimum absolute atomic E-state index is 0.109. The average molecular weight is 407 g/mol. The number of thiophene rings is 1. The van der Waals surface area contributed by atoms with E-state index in [2.05, 4.69) is 34.4 Å². The van der Waals surface area contributed by atoms with Crippen LogP contribution in [0, 0.1) is 0 Å². The van der Waals surface area contributed by atoms with Crippen LogP contribution in [0.1, 0.15) is 36.0 Å². The van der Waals surface area contributed by atoms with E-state index in [-0.39, 0.29) is 18.2 Å². The number of hydrogen-bond acceptors (Lipinski definition) is 7. The Hall–Kier alpha value is -2.10. The van der Waals surface area contributed by atoms with Crippen LogP contribution in [-0.4, -0.2) is 21.8 Å². The Bertz CT molecular complexity index is 884. The smallest absolute Gasteiger partial charge is 0.232 e. The predicted molar refractivity (Wildman–Crippen MR) is 107 cm³/mol. The molecule has 136 valence electrons. The van der Waals surface area contributed by atoms with Crippen molar-refractivity contribution in [2.45, 2.75) is 32.6 Å². The van der Waals surface area contributed by atoms with Gasteiger partial charge in [-0.25, -0.2) is 9.97 Å². The van der Waals surface area contributed by atoms with E-state index in [0.717, 1.165) is 10.6 Å². The van der Waals surface area contributed by atoms with Crippen molar-refractivity contribution in [2.24, 2.45) is 0 Å². The Labute approximate surface area is 163 Å². The monoisotopic (exact) mass is 406 g/mol. The molecule has 26 heavy (non-hydrogen) atoms. The molecule has 0 saturated carbocycles. The van der Waals surface area contributed by atoms with Crippen molar-refractivity contribution >= 4 is 56.1 Å². The highest BCUT2D eigenvalue weighted by Crippen LogP contribution is 2.22. The normalized spacial score (nSPS) is 10.9. The Kier molecular flexibility index (Phi) is 6.12. The summed E-state index contributed by atoms with van der Waals surface area (Å²) in [4.78, 5) is 33.8. The molecule has 0 saturated heterocycles. The van der Waals surface area contributed by atoms with Crippen LogP contribution in [0.3, 0.4) is 0 Å². The van der Waals surface area contributed by atoms with Crippen molar-refractivity contribution in [2.75, 3.05) is 10.6 Å². The summed E-state index contributed by atoms with van der Waals surface area (Å²) in [5.74, 6) is 0.0500. The highest BCUT2D eigenvalue weighted by molar-refractivity contribution is 7.14. The molecular weight excluding hydrogens is 388 g/mol. The van der Waals surface area contributed by atoms with Crippen molar-refractivity contribution in [3.05, 3.63) is 44.5 Å². The Morgan fingerprint density at radius 1 is 1.00 bits per heavy atom. The quantitative estimate of drug-likeness (QED) is 0.617. The van der Waals surface area contributed by atoms with Gasteiger partial charge >= 0.3 is 0 Å². The summed E-state index contributed by atoms with van der Waals surface area (Å²) in [5, 5.41) is 12.3. The first-order chi connectivity index (χ1) is 12.5. The van der Waals surface area contributed by atoms with Gasteiger partial charge in [0.1, 0.15) is 0 Å². The van der Waals surface area contributed by atoms with Gasteiger partial charge in [0.25, 0.3) is 0 Å². The summed E-state index contributed by atoms with van der Waals surface area (Å²) in [6.45, 7) is 4.12. The molecule has 0 aromatic carbocycles. The largest absolute Gasteiger partial charge is 0.302 e. The lowest BCUT2D eigenvalue weighted by Crippen LogP contribution is -2.15. The molecule has 0 aliphatic rings. The Balaban J connectivity index is 1.50. The topological polar surface area (TPSA) is 84.0 Å². The summed E-state index contributed by atoms with van der Waals surface area (Å²) in [6.07, 6.45) is 0.475. The molecule has 0 fully saturated rings. The van der Waals surface area contributed by atoms with E-state index < -0.39 is 0 Å². The number of nitrogens with zero attached hydrogens (tertiary/aromatic N) is 2. The van der Waals surface area contributed by atoms with Crippen molar-refractivity contribution in [1.82, 2.24) is 9.97 Å². The van der Waals surface area contributed by atoms with E-state index in [4.69, 9.17) is 0 Å². The van der Waals surface area contributed by atoms with Crippen LogP contribution in [-0.2, 0) is 22.4 Å². The number of carbonyl (C=O) groups is 2. The van der Waals surface area contributed by atoms with Crippen LogP contribution in [0.5, 0.6) is 0 Å². The lowest BCUT2D eigenvalue weighted by molar-refractivity contribution is -0.116. The molecule has 0 atom stereocenters. The molecule has 3 aromatic heterocycles. The van der Waals surface area contributed by atoms with E-state index in [1.165, 1.54) is 22.7 Å². The molecule has 0 radical (unpaired) electrons. The van der Waals surface area contributed by atoms with Gasteiger partial charge in [-0.1, -0.05) is 19.9 Å². The summed E-state index contributed by atoms with van der Waals surface area (Å²) in [6, 6.07) is 3.84. The third-order valence-corrected chi connectivity index (χ3v) is 5.87. The van der Waals surface area contributed by atoms with Gasteiger partial charge in [0.05, 0.1) is 24.2 Å². The van der Waals surface area contributed by atoms with Crippen LogP contribution < -0.4 is 10.6 Å². The fourth-order valence-electron chi connectivity index (χ4n) is 2.12. The van der Waals surface area contributed by atoms with E-state index >= 15 is 0 Å². The molecule has 6 nitrogen and oxygen atoms in total. The molecule has 0 spiro atoms. The summed E-state index contributed by atoms with van der Waals surface area (Å²) >= 11 is 4.27. The second-order valence-corrected chi connectivity index (χ2v) is 8.65. The molecule has 0 unspecified atom stereocenters. The number of rotatable bonds is 7. The maximum atomic E-state index is 12.1. The van der Waals surface area contributed by atoms with Crippen molar-refractivity contribution in [1.29, 1.82) is 0 Å². The first-order valence-corrected chi connectivity index (χ1v) is 10.7. The van der Waals surface area contributed by atoms with Crippen LogP contribution in [0.4, 0.5) is 10.3 Å². The molecule has 2 N–H and O–H groups in total. The molecule has 3 heterocycles. The summed E-state index contributed by atoms with van der Waals surface area (Å²) < 4.78 is 0. The fourth-order valence-corrected chi connectivity index (χ4v) is 4.44. The number of aromatic nitrogens is 2. The second-order valence-electron chi connectivity index (χ2n) is 5.91. The SMILES string of the molecule is CC(C)c1csc(NC(=O)Cc2csc(NC(=O)Cc3cccs3)n2)n1. The van der Waals surface area contributed by atoms with Crippen LogP contribution in [0.25, 0.3) is 0 Å². The van der Waals surface area contributed by atoms with Crippen molar-refractivity contribution < 1.29 is 9.59 Å². The first kappa shape index (κ1) is 18.7. The van der Waals surface area contributed by atoms with E-state index in [9.17, 15) is 9.59 Å². The number of thiazole rings is 2. The van der Waals surface area contributed by atoms with Gasteiger partial charge in [0.2, 0.25) is 11.8 Å². The van der Waals surface area contributed by atoms with Crippen molar-refractivity contribution in [3.63, 3.8) is 0 Å². The van der Waals surface area contributed by atoms with Gasteiger partial charge in [-0.05, 0) is 17.4 Å². The first-order valence-electron chi connectivity index (χ1n) is 8.01. The number of amides is 2. The van der Waals surface area contributed by atoms with Gasteiger partial charge in [-0.2, -0.15) is 0 Å². The number of anilines is 2. The van der Waals surface area contributed by atoms with Crippen LogP contribution >= 0.6 is 34.0 Å². The maximum Gasteiger partial charge on any atom is 0.232 e. The third kappa shape index (κ3) is 5.20. The van der Waals surface area contributed by atoms with Crippen molar-refractivity contribution in [3.8, 4) is 0 Å². The maximum absolute atomic E-state index is 12.1. The minimum atomic E-state index is -0.170. The van der Waals surface area contributed by atoms with Gasteiger partial charge in [0.15, 0.2) is 10.3 Å². The summed E-state index contributed by atoms with van der Waals surface area (Å²) in [7, 11) is 0. The molecule has 3 aromatic rings. The second kappa shape index (κ2) is 8.52. The van der Waals surface area contributed by atoms with Crippen LogP contribution in [0.2, 0.25) is 0 Å².